The number of carboxylic acids is 1. The summed E-state index contributed by atoms with van der Waals surface area (Å²) in [6, 6.07) is 10.2. The number of nitrogens with zero attached hydrogens (tertiary/aromatic N) is 1. The lowest BCUT2D eigenvalue weighted by molar-refractivity contribution is -0.307. The molecule has 6 nitrogen and oxygen atoms in total. The van der Waals surface area contributed by atoms with Crippen molar-refractivity contribution in [3.8, 4) is 5.75 Å². The summed E-state index contributed by atoms with van der Waals surface area (Å²) in [5.41, 5.74) is 3.89. The molecule has 22 heavy (non-hydrogen) atoms. The summed E-state index contributed by atoms with van der Waals surface area (Å²) >= 11 is 1.34. The van der Waals surface area contributed by atoms with Gasteiger partial charge in [0.2, 0.25) is 0 Å². The average molecular weight is 317 g/mol. The van der Waals surface area contributed by atoms with Gasteiger partial charge in [0.15, 0.2) is 0 Å². The van der Waals surface area contributed by atoms with Crippen molar-refractivity contribution < 1.29 is 19.4 Å². The Kier molecular flexibility index (Phi) is 5.26. The highest BCUT2D eigenvalue weighted by atomic mass is 32.1. The first-order chi connectivity index (χ1) is 10.6. The Bertz CT molecular complexity index is 678. The van der Waals surface area contributed by atoms with Crippen molar-refractivity contribution in [1.29, 1.82) is 0 Å². The molecule has 1 amide bonds. The van der Waals surface area contributed by atoms with Gasteiger partial charge in [-0.05, 0) is 48.2 Å². The summed E-state index contributed by atoms with van der Waals surface area (Å²) in [7, 11) is 0. The van der Waals surface area contributed by atoms with E-state index >= 15 is 0 Å². The molecule has 2 rings (SSSR count). The maximum absolute atomic E-state index is 11.8. The molecular formula is C15H13N2O4S-. The van der Waals surface area contributed by atoms with Crippen LogP contribution >= 0.6 is 11.3 Å². The molecule has 0 fully saturated rings. The molecule has 114 valence electrons. The molecule has 1 aromatic heterocycles. The number of ether oxygens (including phenoxy) is 1. The number of amides is 1. The second-order valence-corrected chi connectivity index (χ2v) is 5.25. The number of carboxylic acid groups (broad SMARTS) is 1. The lowest BCUT2D eigenvalue weighted by atomic mass is 10.1. The second-order valence-electron chi connectivity index (χ2n) is 4.30. The maximum atomic E-state index is 11.8. The molecule has 7 heteroatoms. The molecule has 1 N–H and O–H groups in total. The van der Waals surface area contributed by atoms with Crippen molar-refractivity contribution in [2.24, 2.45) is 5.10 Å². The number of hydrogen-bond acceptors (Lipinski definition) is 6. The van der Waals surface area contributed by atoms with E-state index in [1.54, 1.807) is 43.3 Å². The topological polar surface area (TPSA) is 90.8 Å². The fraction of sp³-hybridized carbons (Fsp3) is 0.133. The number of hydrogen-bond donors (Lipinski definition) is 1. The van der Waals surface area contributed by atoms with E-state index < -0.39 is 12.6 Å². The monoisotopic (exact) mass is 317 g/mol. The number of rotatable bonds is 6. The van der Waals surface area contributed by atoms with Crippen molar-refractivity contribution in [2.45, 2.75) is 6.92 Å². The van der Waals surface area contributed by atoms with E-state index in [0.29, 0.717) is 16.3 Å². The van der Waals surface area contributed by atoms with Crippen molar-refractivity contribution in [1.82, 2.24) is 5.43 Å². The minimum atomic E-state index is -1.28. The Balaban J connectivity index is 1.96. The van der Waals surface area contributed by atoms with Crippen molar-refractivity contribution in [2.75, 3.05) is 6.61 Å². The van der Waals surface area contributed by atoms with Crippen molar-refractivity contribution in [3.63, 3.8) is 0 Å². The Hall–Kier alpha value is -2.67. The zero-order valence-corrected chi connectivity index (χ0v) is 12.6. The smallest absolute Gasteiger partial charge is 0.281 e. The van der Waals surface area contributed by atoms with E-state index in [1.165, 1.54) is 11.3 Å². The molecule has 1 aromatic carbocycles. The van der Waals surface area contributed by atoms with Crippen LogP contribution in [-0.2, 0) is 4.79 Å². The van der Waals surface area contributed by atoms with Crippen LogP contribution in [0.3, 0.4) is 0 Å². The van der Waals surface area contributed by atoms with Gasteiger partial charge >= 0.3 is 0 Å². The molecule has 0 aliphatic carbocycles. The first kappa shape index (κ1) is 15.7. The minimum absolute atomic E-state index is 0.261. The fourth-order valence-corrected chi connectivity index (χ4v) is 2.21. The first-order valence-corrected chi connectivity index (χ1v) is 7.25. The van der Waals surface area contributed by atoms with Crippen LogP contribution in [0.25, 0.3) is 0 Å². The standard InChI is InChI=1S/C15H14N2O4S/c1-10(16-17-15(20)13-3-2-8-22-13)11-4-6-12(7-5-11)21-9-14(18)19/h2-8H,9H2,1H3,(H,17,20)(H,18,19)/p-1/b16-10-. The number of benzene rings is 1. The first-order valence-electron chi connectivity index (χ1n) is 6.37. The number of aliphatic carboxylic acids is 1. The molecule has 0 radical (unpaired) electrons. The quantitative estimate of drug-likeness (QED) is 0.636. The Morgan fingerprint density at radius 2 is 2.00 bits per heavy atom. The number of nitrogens with one attached hydrogen (secondary N) is 1. The van der Waals surface area contributed by atoms with Crippen LogP contribution in [0.4, 0.5) is 0 Å². The summed E-state index contributed by atoms with van der Waals surface area (Å²) < 4.78 is 4.98. The van der Waals surface area contributed by atoms with Gasteiger partial charge in [0.25, 0.3) is 5.91 Å². The van der Waals surface area contributed by atoms with Gasteiger partial charge in [0, 0.05) is 0 Å². The van der Waals surface area contributed by atoms with Gasteiger partial charge in [-0.15, -0.1) is 11.3 Å². The Morgan fingerprint density at radius 1 is 1.27 bits per heavy atom. The summed E-state index contributed by atoms with van der Waals surface area (Å²) in [5, 5.41) is 16.1. The van der Waals surface area contributed by atoms with Crippen LogP contribution in [0.1, 0.15) is 22.2 Å². The zero-order valence-electron chi connectivity index (χ0n) is 11.7. The zero-order chi connectivity index (χ0) is 15.9. The normalized spacial score (nSPS) is 11.0. The predicted octanol–water partition coefficient (Wildman–Crippen LogP) is 1.03. The summed E-state index contributed by atoms with van der Waals surface area (Å²) in [4.78, 5) is 22.6. The highest BCUT2D eigenvalue weighted by Gasteiger charge is 2.05. The summed E-state index contributed by atoms with van der Waals surface area (Å²) in [6.45, 7) is 1.26. The largest absolute Gasteiger partial charge is 0.546 e. The number of thiophene rings is 1. The van der Waals surface area contributed by atoms with Crippen LogP contribution in [0, 0.1) is 0 Å². The molecule has 0 aliphatic heterocycles. The van der Waals surface area contributed by atoms with E-state index in [0.717, 1.165) is 5.56 Å². The summed E-state index contributed by atoms with van der Waals surface area (Å²) in [5.74, 6) is -1.12. The Morgan fingerprint density at radius 3 is 2.59 bits per heavy atom. The number of hydrazone groups is 1. The van der Waals surface area contributed by atoms with Crippen LogP contribution in [0.2, 0.25) is 0 Å². The highest BCUT2D eigenvalue weighted by Crippen LogP contribution is 2.13. The van der Waals surface area contributed by atoms with E-state index in [-0.39, 0.29) is 5.91 Å². The third-order valence-electron chi connectivity index (χ3n) is 2.70. The highest BCUT2D eigenvalue weighted by molar-refractivity contribution is 7.12. The van der Waals surface area contributed by atoms with Gasteiger partial charge in [0.05, 0.1) is 16.6 Å². The maximum Gasteiger partial charge on any atom is 0.281 e. The molecule has 1 heterocycles. The third-order valence-corrected chi connectivity index (χ3v) is 3.57. The van der Waals surface area contributed by atoms with Gasteiger partial charge in [-0.25, -0.2) is 5.43 Å². The van der Waals surface area contributed by atoms with Gasteiger partial charge in [-0.2, -0.15) is 5.10 Å². The second kappa shape index (κ2) is 7.37. The molecular weight excluding hydrogens is 304 g/mol. The molecule has 0 spiro atoms. The van der Waals surface area contributed by atoms with E-state index in [1.807, 2.05) is 5.38 Å². The van der Waals surface area contributed by atoms with Crippen LogP contribution in [0.5, 0.6) is 5.75 Å². The molecule has 0 unspecified atom stereocenters. The van der Waals surface area contributed by atoms with Gasteiger partial charge < -0.3 is 14.6 Å². The Labute approximate surface area is 131 Å². The molecule has 0 aliphatic rings. The van der Waals surface area contributed by atoms with Crippen molar-refractivity contribution in [3.05, 3.63) is 52.2 Å². The van der Waals surface area contributed by atoms with E-state index in [9.17, 15) is 14.7 Å². The van der Waals surface area contributed by atoms with E-state index in [4.69, 9.17) is 4.74 Å². The minimum Gasteiger partial charge on any atom is -0.546 e. The lowest BCUT2D eigenvalue weighted by Gasteiger charge is -2.07. The van der Waals surface area contributed by atoms with Crippen LogP contribution < -0.4 is 15.3 Å². The molecule has 0 saturated carbocycles. The van der Waals surface area contributed by atoms with Gasteiger partial charge in [-0.3, -0.25) is 4.79 Å². The fourth-order valence-electron chi connectivity index (χ4n) is 1.60. The molecule has 0 atom stereocenters. The van der Waals surface area contributed by atoms with Crippen LogP contribution in [-0.4, -0.2) is 24.2 Å². The van der Waals surface area contributed by atoms with Gasteiger partial charge in [0.1, 0.15) is 12.4 Å². The molecule has 0 saturated heterocycles. The van der Waals surface area contributed by atoms with Gasteiger partial charge in [-0.1, -0.05) is 6.07 Å². The molecule has 2 aromatic rings. The predicted molar refractivity (Wildman–Crippen MR) is 80.9 cm³/mol. The van der Waals surface area contributed by atoms with Crippen molar-refractivity contribution >= 4 is 28.9 Å². The SMILES string of the molecule is C/C(=N/NC(=O)c1cccs1)c1ccc(OCC(=O)[O-])cc1. The molecule has 0 bridgehead atoms. The summed E-state index contributed by atoms with van der Waals surface area (Å²) in [6.07, 6.45) is 0. The number of carbonyl (C=O) groups excluding carboxylic acids is 2. The third kappa shape index (κ3) is 4.42. The van der Waals surface area contributed by atoms with Crippen LogP contribution in [0.15, 0.2) is 46.9 Å². The lowest BCUT2D eigenvalue weighted by Crippen LogP contribution is -2.28. The number of carbonyl (C=O) groups is 2. The average Bonchev–Trinajstić information content (AvgIpc) is 3.05. The van der Waals surface area contributed by atoms with E-state index in [2.05, 4.69) is 10.5 Å².